The molecule has 0 bridgehead atoms. The van der Waals surface area contributed by atoms with Crippen LogP contribution in [-0.4, -0.2) is 70.4 Å². The molecule has 10 heteroatoms. The molecule has 4 atom stereocenters. The largest absolute Gasteiger partial charge is 0.360 e. The minimum absolute atomic E-state index is 0.0708. The molecule has 5 aromatic rings. The average Bonchev–Trinajstić information content (AvgIpc) is 3.70. The van der Waals surface area contributed by atoms with E-state index in [9.17, 15) is 5.26 Å². The molecule has 0 N–H and O–H groups in total. The molecular formula is C45H53N5O4Si. The fourth-order valence-corrected chi connectivity index (χ4v) is 8.70. The molecule has 3 heterocycles. The molecule has 2 aliphatic heterocycles. The molecule has 4 aromatic carbocycles. The van der Waals surface area contributed by atoms with Gasteiger partial charge in [-0.15, -0.1) is 0 Å². The second-order valence-corrected chi connectivity index (χ2v) is 22.3. The van der Waals surface area contributed by atoms with Crippen LogP contribution >= 0.6 is 0 Å². The van der Waals surface area contributed by atoms with E-state index in [1.807, 2.05) is 95.2 Å². The molecule has 0 saturated carbocycles. The number of nitriles is 1. The van der Waals surface area contributed by atoms with E-state index in [1.165, 1.54) is 0 Å². The summed E-state index contributed by atoms with van der Waals surface area (Å²) >= 11 is 0. The quantitative estimate of drug-likeness (QED) is 0.0833. The minimum atomic E-state index is -1.19. The van der Waals surface area contributed by atoms with Crippen LogP contribution in [0.2, 0.25) is 25.7 Å². The number of benzene rings is 4. The first kappa shape index (κ1) is 38.5. The van der Waals surface area contributed by atoms with Gasteiger partial charge in [0.25, 0.3) is 0 Å². The van der Waals surface area contributed by atoms with Crippen molar-refractivity contribution in [1.82, 2.24) is 19.6 Å². The van der Waals surface area contributed by atoms with E-state index in [4.69, 9.17) is 14.2 Å². The number of ether oxygens (including phenoxy) is 3. The Balaban J connectivity index is 1.28. The predicted molar refractivity (Wildman–Crippen MR) is 218 cm³/mol. The van der Waals surface area contributed by atoms with Gasteiger partial charge in [-0.05, 0) is 72.7 Å². The van der Waals surface area contributed by atoms with Crippen molar-refractivity contribution in [3.8, 4) is 6.07 Å². The van der Waals surface area contributed by atoms with E-state index in [0.717, 1.165) is 51.4 Å². The Bertz CT molecular complexity index is 2110. The van der Waals surface area contributed by atoms with Crippen molar-refractivity contribution in [3.63, 3.8) is 0 Å². The zero-order valence-electron chi connectivity index (χ0n) is 32.7. The average molecular weight is 756 g/mol. The molecule has 2 fully saturated rings. The van der Waals surface area contributed by atoms with Crippen LogP contribution in [0.5, 0.6) is 0 Å². The number of hydrogen-bond donors (Lipinski definition) is 0. The van der Waals surface area contributed by atoms with Gasteiger partial charge in [0.05, 0.1) is 36.3 Å². The summed E-state index contributed by atoms with van der Waals surface area (Å²) in [7, 11) is -1.19. The van der Waals surface area contributed by atoms with Crippen molar-refractivity contribution in [2.45, 2.75) is 109 Å². The smallest absolute Gasteiger partial charge is 0.321 e. The molecule has 0 radical (unpaired) electrons. The summed E-state index contributed by atoms with van der Waals surface area (Å²) in [6.45, 7) is 12.9. The highest BCUT2D eigenvalue weighted by atomic mass is 28.3. The van der Waals surface area contributed by atoms with E-state index in [2.05, 4.69) is 73.3 Å². The maximum absolute atomic E-state index is 15.5. The van der Waals surface area contributed by atoms with Crippen molar-refractivity contribution >= 4 is 25.0 Å². The summed E-state index contributed by atoms with van der Waals surface area (Å²) in [4.78, 5) is 19.5. The topological polar surface area (TPSA) is 92.8 Å². The minimum Gasteiger partial charge on any atom is -0.360 e. The van der Waals surface area contributed by atoms with Gasteiger partial charge in [-0.2, -0.15) is 10.4 Å². The molecule has 0 spiro atoms. The summed E-state index contributed by atoms with van der Waals surface area (Å²) in [6, 6.07) is 37.7. The molecule has 0 unspecified atom stereocenters. The van der Waals surface area contributed by atoms with Crippen molar-refractivity contribution in [2.75, 3.05) is 6.61 Å². The molecule has 7 rings (SSSR count). The highest BCUT2D eigenvalue weighted by Crippen LogP contribution is 2.40. The number of carbonyl (C=O) groups excluding carboxylic acids is 1. The third kappa shape index (κ3) is 9.37. The maximum atomic E-state index is 15.5. The van der Waals surface area contributed by atoms with E-state index >= 15 is 4.79 Å². The number of nitrogens with zero attached hydrogens (tertiary/aromatic N) is 5. The van der Waals surface area contributed by atoms with Gasteiger partial charge < -0.3 is 24.0 Å². The monoisotopic (exact) mass is 755 g/mol. The molecule has 286 valence electrons. The molecule has 2 saturated heterocycles. The van der Waals surface area contributed by atoms with Gasteiger partial charge in [0.1, 0.15) is 18.9 Å². The number of fused-ring (bicyclic) bond motifs is 2. The molecule has 2 aliphatic rings. The van der Waals surface area contributed by atoms with Gasteiger partial charge in [0.15, 0.2) is 5.79 Å². The Morgan fingerprint density at radius 2 is 1.33 bits per heavy atom. The summed E-state index contributed by atoms with van der Waals surface area (Å²) in [5.74, 6) is -0.853. The van der Waals surface area contributed by atoms with Crippen molar-refractivity contribution < 1.29 is 19.0 Å². The fourth-order valence-electron chi connectivity index (χ4n) is 7.94. The van der Waals surface area contributed by atoms with Gasteiger partial charge in [0, 0.05) is 33.2 Å². The third-order valence-corrected chi connectivity index (χ3v) is 12.4. The first-order chi connectivity index (χ1) is 26.5. The third-order valence-electron chi connectivity index (χ3n) is 10.7. The van der Waals surface area contributed by atoms with Crippen LogP contribution in [-0.2, 0) is 53.3 Å². The zero-order chi connectivity index (χ0) is 38.6. The van der Waals surface area contributed by atoms with Gasteiger partial charge >= 0.3 is 6.03 Å². The van der Waals surface area contributed by atoms with Gasteiger partial charge in [-0.1, -0.05) is 111 Å². The van der Waals surface area contributed by atoms with E-state index in [0.29, 0.717) is 39.1 Å². The van der Waals surface area contributed by atoms with E-state index < -0.39 is 26.1 Å². The van der Waals surface area contributed by atoms with Crippen LogP contribution in [0.25, 0.3) is 10.9 Å². The summed E-state index contributed by atoms with van der Waals surface area (Å²) in [5.41, 5.74) is 6.14. The van der Waals surface area contributed by atoms with E-state index in [1.54, 1.807) is 0 Å². The molecule has 2 amide bonds. The first-order valence-corrected chi connectivity index (χ1v) is 23.1. The van der Waals surface area contributed by atoms with Crippen LogP contribution in [0, 0.1) is 11.3 Å². The SMILES string of the molecule is CC1(C)O[C@@H]2[C@@H](O1)[C@@H](Cc1ccccc1)N(Cc1ccc3c(cnn3COCC[Si](C)(C)C)c1)C(=O)N(Cc1cccc(CC#N)c1)[C@@H]2Cc1ccccc1. The lowest BCUT2D eigenvalue weighted by molar-refractivity contribution is -0.157. The lowest BCUT2D eigenvalue weighted by Gasteiger charge is -2.37. The van der Waals surface area contributed by atoms with Crippen LogP contribution < -0.4 is 0 Å². The second kappa shape index (κ2) is 16.5. The standard InChI is InChI=1S/C45H53N5O4Si/c1-45(2)53-42-40(27-33-13-8-6-9-14-33)48(30-36-18-12-17-35(25-36)21-22-46)44(51)49(41(43(42)54-45)28-34-15-10-7-11-16-34)31-37-19-20-39-38(26-37)29-47-50(39)32-52-23-24-55(3,4)5/h6-20,25-26,29,40-43H,21,23-24,27-28,30-32H2,1-5H3/t40-,41-,42+,43+/m1/s1. The van der Waals surface area contributed by atoms with Crippen molar-refractivity contribution in [3.05, 3.63) is 137 Å². The zero-order valence-corrected chi connectivity index (χ0v) is 33.7. The number of aromatic nitrogens is 2. The van der Waals surface area contributed by atoms with Gasteiger partial charge in [0.2, 0.25) is 0 Å². The maximum Gasteiger partial charge on any atom is 0.321 e. The lowest BCUT2D eigenvalue weighted by atomic mass is 9.91. The molecule has 9 nitrogen and oxygen atoms in total. The number of urea groups is 1. The normalized spacial score (nSPS) is 21.1. The fraction of sp³-hybridized carbons (Fsp3) is 0.400. The summed E-state index contributed by atoms with van der Waals surface area (Å²) in [6.07, 6.45) is 2.59. The van der Waals surface area contributed by atoms with Gasteiger partial charge in [-0.3, -0.25) is 0 Å². The Kier molecular flexibility index (Phi) is 11.6. The Hall–Kier alpha value is -4.79. The van der Waals surface area contributed by atoms with Crippen LogP contribution in [0.15, 0.2) is 109 Å². The van der Waals surface area contributed by atoms with Crippen LogP contribution in [0.3, 0.4) is 0 Å². The predicted octanol–water partition coefficient (Wildman–Crippen LogP) is 8.60. The number of hydrogen-bond acceptors (Lipinski definition) is 6. The highest BCUT2D eigenvalue weighted by molar-refractivity contribution is 6.76. The first-order valence-electron chi connectivity index (χ1n) is 19.4. The molecule has 1 aromatic heterocycles. The highest BCUT2D eigenvalue weighted by Gasteiger charge is 2.55. The van der Waals surface area contributed by atoms with Crippen molar-refractivity contribution in [1.29, 1.82) is 5.26 Å². The van der Waals surface area contributed by atoms with E-state index in [-0.39, 0.29) is 18.1 Å². The Morgan fingerprint density at radius 1 is 0.764 bits per heavy atom. The van der Waals surface area contributed by atoms with Gasteiger partial charge in [-0.25, -0.2) is 9.48 Å². The summed E-state index contributed by atoms with van der Waals surface area (Å²) in [5, 5.41) is 15.1. The number of rotatable bonds is 14. The number of carbonyl (C=O) groups is 1. The summed E-state index contributed by atoms with van der Waals surface area (Å²) < 4.78 is 21.7. The van der Waals surface area contributed by atoms with Crippen LogP contribution in [0.4, 0.5) is 4.79 Å². The molecule has 0 aliphatic carbocycles. The lowest BCUT2D eigenvalue weighted by Crippen LogP contribution is -2.51. The Morgan fingerprint density at radius 3 is 1.91 bits per heavy atom. The number of amides is 2. The van der Waals surface area contributed by atoms with Crippen LogP contribution in [0.1, 0.15) is 41.7 Å². The van der Waals surface area contributed by atoms with Crippen molar-refractivity contribution in [2.24, 2.45) is 0 Å². The Labute approximate surface area is 326 Å². The molecular weight excluding hydrogens is 703 g/mol. The molecule has 55 heavy (non-hydrogen) atoms. The second-order valence-electron chi connectivity index (χ2n) is 16.7.